The van der Waals surface area contributed by atoms with Crippen LogP contribution in [0, 0.1) is 6.92 Å². The number of aryl methyl sites for hydroxylation is 1. The predicted molar refractivity (Wildman–Crippen MR) is 109 cm³/mol. The first-order valence-electron chi connectivity index (χ1n) is 9.13. The smallest absolute Gasteiger partial charge is 0.331 e. The number of carboxylic acids is 1. The molecule has 0 aromatic heterocycles. The summed E-state index contributed by atoms with van der Waals surface area (Å²) in [5.41, 5.74) is 3.57. The Balaban J connectivity index is 0.000000273. The average Bonchev–Trinajstić information content (AvgIpc) is 2.62. The minimum atomic E-state index is -0.813. The topological polar surface area (TPSA) is 57.5 Å². The molecule has 0 unspecified atom stereocenters. The summed E-state index contributed by atoms with van der Waals surface area (Å²) in [6.45, 7) is 8.19. The summed E-state index contributed by atoms with van der Waals surface area (Å²) < 4.78 is 0. The number of phenols is 1. The molecule has 2 rings (SSSR count). The molecule has 0 fully saturated rings. The first-order valence-corrected chi connectivity index (χ1v) is 9.13. The second-order valence-corrected chi connectivity index (χ2v) is 6.69. The van der Waals surface area contributed by atoms with Crippen molar-refractivity contribution in [3.8, 4) is 5.75 Å². The highest BCUT2D eigenvalue weighted by molar-refractivity contribution is 5.92. The lowest BCUT2D eigenvalue weighted by Gasteiger charge is -2.06. The fourth-order valence-corrected chi connectivity index (χ4v) is 2.34. The van der Waals surface area contributed by atoms with Gasteiger partial charge in [0.1, 0.15) is 5.75 Å². The van der Waals surface area contributed by atoms with Gasteiger partial charge in [-0.15, -0.1) is 0 Å². The first-order chi connectivity index (χ1) is 12.3. The number of aromatic hydroxyl groups is 1. The van der Waals surface area contributed by atoms with Gasteiger partial charge in [0, 0.05) is 5.57 Å². The predicted octanol–water partition coefficient (Wildman–Crippen LogP) is 6.17. The molecule has 2 aromatic rings. The number of carboxylic acid groups (broad SMARTS) is 1. The fraction of sp³-hybridized carbons (Fsp3) is 0.348. The zero-order chi connectivity index (χ0) is 19.5. The van der Waals surface area contributed by atoms with Crippen LogP contribution < -0.4 is 0 Å². The normalized spacial score (nSPS) is 11.0. The number of aliphatic carboxylic acids is 1. The zero-order valence-corrected chi connectivity index (χ0v) is 16.2. The summed E-state index contributed by atoms with van der Waals surface area (Å²) >= 11 is 0. The highest BCUT2D eigenvalue weighted by atomic mass is 16.4. The quantitative estimate of drug-likeness (QED) is 0.610. The number of hydrogen-bond donors (Lipinski definition) is 2. The number of benzene rings is 2. The maximum atomic E-state index is 10.9. The van der Waals surface area contributed by atoms with Crippen LogP contribution in [0.3, 0.4) is 0 Å². The summed E-state index contributed by atoms with van der Waals surface area (Å²) in [6, 6.07) is 15.4. The summed E-state index contributed by atoms with van der Waals surface area (Å²) in [6.07, 6.45) is 4.32. The molecule has 0 aliphatic heterocycles. The van der Waals surface area contributed by atoms with Crippen molar-refractivity contribution in [2.75, 3.05) is 0 Å². The number of carbonyl (C=O) groups is 1. The first kappa shape index (κ1) is 21.5. The minimum absolute atomic E-state index is 0.399. The van der Waals surface area contributed by atoms with E-state index < -0.39 is 5.97 Å². The molecule has 26 heavy (non-hydrogen) atoms. The fourth-order valence-electron chi connectivity index (χ4n) is 2.34. The van der Waals surface area contributed by atoms with E-state index in [1.807, 2.05) is 49.4 Å². The Morgan fingerprint density at radius 1 is 1.12 bits per heavy atom. The van der Waals surface area contributed by atoms with E-state index in [1.165, 1.54) is 5.56 Å². The van der Waals surface area contributed by atoms with E-state index in [1.54, 1.807) is 6.08 Å². The molecule has 140 valence electrons. The van der Waals surface area contributed by atoms with Crippen LogP contribution in [0.4, 0.5) is 0 Å². The largest absolute Gasteiger partial charge is 0.508 e. The van der Waals surface area contributed by atoms with Crippen LogP contribution in [0.2, 0.25) is 0 Å². The maximum absolute atomic E-state index is 10.9. The van der Waals surface area contributed by atoms with Crippen molar-refractivity contribution in [1.82, 2.24) is 0 Å². The third-order valence-corrected chi connectivity index (χ3v) is 4.11. The van der Waals surface area contributed by atoms with Gasteiger partial charge in [-0.25, -0.2) is 4.79 Å². The highest BCUT2D eigenvalue weighted by Gasteiger charge is 2.06. The van der Waals surface area contributed by atoms with Crippen LogP contribution in [-0.2, 0) is 4.79 Å². The van der Waals surface area contributed by atoms with Gasteiger partial charge in [0.2, 0.25) is 0 Å². The standard InChI is InChI=1S/C13H16O2.C10H14O/c1-2-3-9-12(13(14)15)10-11-7-5-4-6-8-11;1-7(2)9-5-4-8(3)10(11)6-9/h4-8,10H,2-3,9H2,1H3,(H,14,15);4-7,11H,1-3H3. The van der Waals surface area contributed by atoms with E-state index in [-0.39, 0.29) is 0 Å². The Kier molecular flexibility index (Phi) is 9.21. The Labute approximate surface area is 157 Å². The van der Waals surface area contributed by atoms with Crippen LogP contribution >= 0.6 is 0 Å². The monoisotopic (exact) mass is 354 g/mol. The van der Waals surface area contributed by atoms with Crippen LogP contribution in [0.25, 0.3) is 6.08 Å². The van der Waals surface area contributed by atoms with E-state index in [4.69, 9.17) is 5.11 Å². The van der Waals surface area contributed by atoms with Gasteiger partial charge >= 0.3 is 5.97 Å². The maximum Gasteiger partial charge on any atom is 0.331 e. The molecule has 0 bridgehead atoms. The minimum Gasteiger partial charge on any atom is -0.508 e. The van der Waals surface area contributed by atoms with Crippen molar-refractivity contribution in [2.24, 2.45) is 0 Å². The van der Waals surface area contributed by atoms with Crippen LogP contribution in [0.15, 0.2) is 54.1 Å². The molecule has 0 atom stereocenters. The Hall–Kier alpha value is -2.55. The van der Waals surface area contributed by atoms with Crippen LogP contribution in [-0.4, -0.2) is 16.2 Å². The number of hydrogen-bond acceptors (Lipinski definition) is 2. The second kappa shape index (κ2) is 11.1. The molecule has 2 N–H and O–H groups in total. The number of unbranched alkanes of at least 4 members (excludes halogenated alkanes) is 1. The average molecular weight is 354 g/mol. The van der Waals surface area contributed by atoms with Crippen LogP contribution in [0.1, 0.15) is 62.6 Å². The van der Waals surface area contributed by atoms with Gasteiger partial charge in [0.05, 0.1) is 0 Å². The molecular formula is C23H30O3. The Morgan fingerprint density at radius 2 is 1.77 bits per heavy atom. The van der Waals surface area contributed by atoms with Crippen molar-refractivity contribution in [2.45, 2.75) is 52.9 Å². The van der Waals surface area contributed by atoms with Gasteiger partial charge in [-0.1, -0.05) is 69.7 Å². The van der Waals surface area contributed by atoms with Crippen molar-refractivity contribution >= 4 is 12.0 Å². The molecule has 3 heteroatoms. The Morgan fingerprint density at radius 3 is 2.27 bits per heavy atom. The molecule has 0 spiro atoms. The van der Waals surface area contributed by atoms with E-state index in [2.05, 4.69) is 26.8 Å². The van der Waals surface area contributed by atoms with Crippen molar-refractivity contribution in [3.63, 3.8) is 0 Å². The molecule has 2 aromatic carbocycles. The Bertz CT molecular complexity index is 715. The molecule has 0 aliphatic carbocycles. The van der Waals surface area contributed by atoms with Crippen LogP contribution in [0.5, 0.6) is 5.75 Å². The third kappa shape index (κ3) is 7.56. The highest BCUT2D eigenvalue weighted by Crippen LogP contribution is 2.22. The summed E-state index contributed by atoms with van der Waals surface area (Å²) in [5, 5.41) is 18.3. The van der Waals surface area contributed by atoms with Gasteiger partial charge in [0.15, 0.2) is 0 Å². The van der Waals surface area contributed by atoms with Gasteiger partial charge in [-0.3, -0.25) is 0 Å². The SMILES string of the molecule is CCCCC(=Cc1ccccc1)C(=O)O.Cc1ccc(C(C)C)cc1O. The number of phenolic OH excluding ortho intramolecular Hbond substituents is 1. The molecule has 0 saturated carbocycles. The third-order valence-electron chi connectivity index (χ3n) is 4.11. The molecule has 0 heterocycles. The molecular weight excluding hydrogens is 324 g/mol. The van der Waals surface area contributed by atoms with E-state index in [9.17, 15) is 9.90 Å². The lowest BCUT2D eigenvalue weighted by Crippen LogP contribution is -2.00. The molecule has 0 aliphatic rings. The van der Waals surface area contributed by atoms with Gasteiger partial charge in [-0.2, -0.15) is 0 Å². The van der Waals surface area contributed by atoms with E-state index in [0.29, 0.717) is 23.7 Å². The van der Waals surface area contributed by atoms with Gasteiger partial charge in [-0.05, 0) is 54.5 Å². The summed E-state index contributed by atoms with van der Waals surface area (Å²) in [4.78, 5) is 10.9. The van der Waals surface area contributed by atoms with E-state index >= 15 is 0 Å². The van der Waals surface area contributed by atoms with Gasteiger partial charge < -0.3 is 10.2 Å². The van der Waals surface area contributed by atoms with Crippen molar-refractivity contribution in [3.05, 3.63) is 70.8 Å². The lowest BCUT2D eigenvalue weighted by atomic mass is 10.0. The van der Waals surface area contributed by atoms with Gasteiger partial charge in [0.25, 0.3) is 0 Å². The molecule has 0 amide bonds. The lowest BCUT2D eigenvalue weighted by molar-refractivity contribution is -0.132. The van der Waals surface area contributed by atoms with Crippen molar-refractivity contribution < 1.29 is 15.0 Å². The molecule has 0 saturated heterocycles. The summed E-state index contributed by atoms with van der Waals surface area (Å²) in [7, 11) is 0. The number of rotatable bonds is 6. The van der Waals surface area contributed by atoms with Crippen molar-refractivity contribution in [1.29, 1.82) is 0 Å². The zero-order valence-electron chi connectivity index (χ0n) is 16.2. The second-order valence-electron chi connectivity index (χ2n) is 6.69. The van der Waals surface area contributed by atoms with E-state index in [0.717, 1.165) is 24.0 Å². The molecule has 0 radical (unpaired) electrons. The molecule has 3 nitrogen and oxygen atoms in total. The summed E-state index contributed by atoms with van der Waals surface area (Å²) in [5.74, 6) is 0.0741.